The molecule has 122 valence electrons. The van der Waals surface area contributed by atoms with Crippen LogP contribution in [-0.2, 0) is 4.79 Å². The molecule has 0 aromatic heterocycles. The molecule has 0 spiro atoms. The van der Waals surface area contributed by atoms with E-state index >= 15 is 0 Å². The van der Waals surface area contributed by atoms with Crippen LogP contribution in [0.5, 0.6) is 0 Å². The number of carbonyl (C=O) groups is 2. The molecule has 2 amide bonds. The van der Waals surface area contributed by atoms with Crippen molar-refractivity contribution < 1.29 is 14.7 Å². The molecule has 21 heavy (non-hydrogen) atoms. The van der Waals surface area contributed by atoms with Gasteiger partial charge in [0.1, 0.15) is 0 Å². The third-order valence-corrected chi connectivity index (χ3v) is 4.22. The Bertz CT molecular complexity index is 337. The van der Waals surface area contributed by atoms with Crippen molar-refractivity contribution in [3.05, 3.63) is 0 Å². The van der Waals surface area contributed by atoms with Gasteiger partial charge in [0.25, 0.3) is 0 Å². The monoisotopic (exact) mass is 299 g/mol. The van der Waals surface area contributed by atoms with Gasteiger partial charge in [-0.15, -0.1) is 0 Å². The lowest BCUT2D eigenvalue weighted by Gasteiger charge is -2.28. The van der Waals surface area contributed by atoms with Crippen LogP contribution >= 0.6 is 0 Å². The van der Waals surface area contributed by atoms with Gasteiger partial charge in [-0.25, -0.2) is 4.79 Å². The summed E-state index contributed by atoms with van der Waals surface area (Å²) in [7, 11) is 0. The Labute approximate surface area is 127 Å². The van der Waals surface area contributed by atoms with Crippen LogP contribution in [0.2, 0.25) is 0 Å². The van der Waals surface area contributed by atoms with Gasteiger partial charge in [-0.3, -0.25) is 4.79 Å². The molecule has 1 atom stereocenters. The van der Waals surface area contributed by atoms with E-state index < -0.39 is 5.97 Å². The van der Waals surface area contributed by atoms with Gasteiger partial charge in [0.15, 0.2) is 0 Å². The van der Waals surface area contributed by atoms with Crippen molar-refractivity contribution in [2.75, 3.05) is 19.6 Å². The number of nitrogens with one attached hydrogen (secondary N) is 2. The lowest BCUT2D eigenvalue weighted by molar-refractivity contribution is -0.142. The smallest absolute Gasteiger partial charge is 0.315 e. The first kappa shape index (κ1) is 17.8. The highest BCUT2D eigenvalue weighted by Gasteiger charge is 2.26. The number of nitrogens with zero attached hydrogens (tertiary/aromatic N) is 1. The summed E-state index contributed by atoms with van der Waals surface area (Å²) in [5.74, 6) is -0.960. The van der Waals surface area contributed by atoms with Gasteiger partial charge in [0, 0.05) is 18.6 Å². The van der Waals surface area contributed by atoms with E-state index in [0.29, 0.717) is 12.8 Å². The Morgan fingerprint density at radius 2 is 1.76 bits per heavy atom. The third kappa shape index (κ3) is 6.33. The van der Waals surface area contributed by atoms with E-state index in [1.807, 2.05) is 6.92 Å². The number of amides is 2. The standard InChI is InChI=1S/C15H29N3O3/c1-4-18(5-2)10-11(3)16-15(21)17-13-8-6-12(7-9-13)14(19)20/h11-13H,4-10H2,1-3H3,(H,19,20)(H2,16,17,21). The van der Waals surface area contributed by atoms with Crippen molar-refractivity contribution in [3.63, 3.8) is 0 Å². The molecule has 0 heterocycles. The van der Waals surface area contributed by atoms with Crippen LogP contribution in [0, 0.1) is 5.92 Å². The molecule has 0 aromatic carbocycles. The zero-order valence-electron chi connectivity index (χ0n) is 13.4. The zero-order chi connectivity index (χ0) is 15.8. The highest BCUT2D eigenvalue weighted by molar-refractivity contribution is 5.74. The maximum absolute atomic E-state index is 11.9. The molecule has 6 nitrogen and oxygen atoms in total. The molecule has 0 bridgehead atoms. The number of carboxylic acid groups (broad SMARTS) is 1. The van der Waals surface area contributed by atoms with Crippen LogP contribution in [-0.4, -0.2) is 53.7 Å². The molecule has 3 N–H and O–H groups in total. The topological polar surface area (TPSA) is 81.7 Å². The molecule has 1 fully saturated rings. The molecule has 0 aliphatic heterocycles. The fraction of sp³-hybridized carbons (Fsp3) is 0.867. The van der Waals surface area contributed by atoms with E-state index in [2.05, 4.69) is 29.4 Å². The second-order valence-corrected chi connectivity index (χ2v) is 5.89. The molecule has 1 unspecified atom stereocenters. The fourth-order valence-electron chi connectivity index (χ4n) is 2.85. The summed E-state index contributed by atoms with van der Waals surface area (Å²) < 4.78 is 0. The zero-order valence-corrected chi connectivity index (χ0v) is 13.4. The lowest BCUT2D eigenvalue weighted by atomic mass is 9.86. The third-order valence-electron chi connectivity index (χ3n) is 4.22. The number of aliphatic carboxylic acids is 1. The Kier molecular flexibility index (Phi) is 7.50. The van der Waals surface area contributed by atoms with Crippen molar-refractivity contribution in [3.8, 4) is 0 Å². The van der Waals surface area contributed by atoms with Crippen molar-refractivity contribution in [2.24, 2.45) is 5.92 Å². The summed E-state index contributed by atoms with van der Waals surface area (Å²) in [6, 6.07) is 0.0509. The van der Waals surface area contributed by atoms with Crippen molar-refractivity contribution in [2.45, 2.75) is 58.5 Å². The first-order chi connectivity index (χ1) is 9.96. The average molecular weight is 299 g/mol. The molecule has 1 rings (SSSR count). The first-order valence-corrected chi connectivity index (χ1v) is 7.98. The van der Waals surface area contributed by atoms with E-state index in [1.165, 1.54) is 0 Å². The van der Waals surface area contributed by atoms with Gasteiger partial charge in [0.2, 0.25) is 0 Å². The molecule has 0 saturated heterocycles. The molecule has 1 aliphatic rings. The first-order valence-electron chi connectivity index (χ1n) is 7.98. The average Bonchev–Trinajstić information content (AvgIpc) is 2.45. The number of urea groups is 1. The summed E-state index contributed by atoms with van der Waals surface area (Å²) in [5.41, 5.74) is 0. The highest BCUT2D eigenvalue weighted by atomic mass is 16.4. The van der Waals surface area contributed by atoms with E-state index in [0.717, 1.165) is 32.5 Å². The van der Waals surface area contributed by atoms with Crippen molar-refractivity contribution in [1.29, 1.82) is 0 Å². The van der Waals surface area contributed by atoms with Crippen molar-refractivity contribution >= 4 is 12.0 Å². The van der Waals surface area contributed by atoms with Gasteiger partial charge < -0.3 is 20.6 Å². The Hall–Kier alpha value is -1.30. The Balaban J connectivity index is 2.26. The van der Waals surface area contributed by atoms with Gasteiger partial charge in [-0.1, -0.05) is 13.8 Å². The summed E-state index contributed by atoms with van der Waals surface area (Å²) in [6.07, 6.45) is 2.79. The maximum atomic E-state index is 11.9. The normalized spacial score (nSPS) is 23.6. The quantitative estimate of drug-likeness (QED) is 0.668. The SMILES string of the molecule is CCN(CC)CC(C)NC(=O)NC1CCC(C(=O)O)CC1. The molecule has 6 heteroatoms. The van der Waals surface area contributed by atoms with E-state index in [9.17, 15) is 9.59 Å². The molecule has 0 radical (unpaired) electrons. The van der Waals surface area contributed by atoms with Crippen LogP contribution in [0.4, 0.5) is 4.79 Å². The second-order valence-electron chi connectivity index (χ2n) is 5.89. The number of rotatable bonds is 7. The minimum absolute atomic E-state index is 0.0975. The summed E-state index contributed by atoms with van der Waals surface area (Å²) in [6.45, 7) is 9.01. The molecular formula is C15H29N3O3. The predicted octanol–water partition coefficient (Wildman–Crippen LogP) is 1.66. The summed E-state index contributed by atoms with van der Waals surface area (Å²) >= 11 is 0. The number of hydrogen-bond acceptors (Lipinski definition) is 3. The minimum atomic E-state index is -0.717. The van der Waals surface area contributed by atoms with Gasteiger partial charge in [-0.2, -0.15) is 0 Å². The van der Waals surface area contributed by atoms with Crippen LogP contribution in [0.25, 0.3) is 0 Å². The summed E-state index contributed by atoms with van der Waals surface area (Å²) in [5, 5.41) is 14.9. The number of hydrogen-bond donors (Lipinski definition) is 3. The van der Waals surface area contributed by atoms with Gasteiger partial charge in [-0.05, 0) is 45.7 Å². The Morgan fingerprint density at radius 1 is 1.19 bits per heavy atom. The number of carbonyl (C=O) groups excluding carboxylic acids is 1. The largest absolute Gasteiger partial charge is 0.481 e. The highest BCUT2D eigenvalue weighted by Crippen LogP contribution is 2.24. The van der Waals surface area contributed by atoms with Gasteiger partial charge >= 0.3 is 12.0 Å². The maximum Gasteiger partial charge on any atom is 0.315 e. The number of carboxylic acids is 1. The molecule has 0 aromatic rings. The van der Waals surface area contributed by atoms with Crippen LogP contribution in [0.1, 0.15) is 46.5 Å². The second kappa shape index (κ2) is 8.87. The van der Waals surface area contributed by atoms with Crippen LogP contribution in [0.15, 0.2) is 0 Å². The van der Waals surface area contributed by atoms with E-state index in [-0.39, 0.29) is 24.0 Å². The lowest BCUT2D eigenvalue weighted by Crippen LogP contribution is -2.49. The summed E-state index contributed by atoms with van der Waals surface area (Å²) in [4.78, 5) is 25.1. The fourth-order valence-corrected chi connectivity index (χ4v) is 2.85. The van der Waals surface area contributed by atoms with Gasteiger partial charge in [0.05, 0.1) is 5.92 Å². The molecule has 1 saturated carbocycles. The van der Waals surface area contributed by atoms with Crippen molar-refractivity contribution in [1.82, 2.24) is 15.5 Å². The van der Waals surface area contributed by atoms with E-state index in [4.69, 9.17) is 5.11 Å². The molecular weight excluding hydrogens is 270 g/mol. The number of likely N-dealkylation sites (N-methyl/N-ethyl adjacent to an activating group) is 1. The minimum Gasteiger partial charge on any atom is -0.481 e. The van der Waals surface area contributed by atoms with E-state index in [1.54, 1.807) is 0 Å². The Morgan fingerprint density at radius 3 is 2.24 bits per heavy atom. The molecule has 1 aliphatic carbocycles. The van der Waals surface area contributed by atoms with Crippen LogP contribution < -0.4 is 10.6 Å². The predicted molar refractivity (Wildman–Crippen MR) is 82.3 cm³/mol. The van der Waals surface area contributed by atoms with Crippen LogP contribution in [0.3, 0.4) is 0 Å².